The summed E-state index contributed by atoms with van der Waals surface area (Å²) in [5.74, 6) is 0.506. The first-order chi connectivity index (χ1) is 13.0. The van der Waals surface area contributed by atoms with Gasteiger partial charge < -0.3 is 14.8 Å². The van der Waals surface area contributed by atoms with Gasteiger partial charge in [0.25, 0.3) is 5.91 Å². The molecule has 27 heavy (non-hydrogen) atoms. The third-order valence-corrected chi connectivity index (χ3v) is 4.49. The largest absolute Gasteiger partial charge is 0.439 e. The Labute approximate surface area is 158 Å². The first kappa shape index (κ1) is 18.8. The van der Waals surface area contributed by atoms with Gasteiger partial charge in [-0.25, -0.2) is 4.98 Å². The molecule has 0 aliphatic carbocycles. The van der Waals surface area contributed by atoms with Crippen LogP contribution >= 0.6 is 11.3 Å². The Bertz CT molecular complexity index is 899. The van der Waals surface area contributed by atoms with Crippen molar-refractivity contribution >= 4 is 17.2 Å². The molecule has 0 unspecified atom stereocenters. The van der Waals surface area contributed by atoms with E-state index >= 15 is 0 Å². The molecule has 2 aromatic heterocycles. The average molecular weight is 390 g/mol. The Morgan fingerprint density at radius 1 is 1.22 bits per heavy atom. The molecule has 0 atom stereocenters. The second-order valence-electron chi connectivity index (χ2n) is 5.53. The highest BCUT2D eigenvalue weighted by molar-refractivity contribution is 7.14. The third kappa shape index (κ3) is 5.24. The molecule has 5 nitrogen and oxygen atoms in total. The van der Waals surface area contributed by atoms with E-state index in [9.17, 15) is 13.6 Å². The van der Waals surface area contributed by atoms with Gasteiger partial charge in [-0.3, -0.25) is 4.79 Å². The van der Waals surface area contributed by atoms with Crippen molar-refractivity contribution in [1.82, 2.24) is 10.3 Å². The van der Waals surface area contributed by atoms with Crippen molar-refractivity contribution in [2.45, 2.75) is 20.1 Å². The number of alkyl halides is 2. The number of aryl methyl sites for hydroxylation is 1. The molecule has 0 aliphatic rings. The molecular weight excluding hydrogens is 374 g/mol. The normalized spacial score (nSPS) is 10.7. The van der Waals surface area contributed by atoms with Crippen LogP contribution in [-0.4, -0.2) is 17.5 Å². The molecule has 8 heteroatoms. The molecule has 0 saturated carbocycles. The molecular formula is C19H16F2N2O3S. The summed E-state index contributed by atoms with van der Waals surface area (Å²) in [4.78, 5) is 17.3. The van der Waals surface area contributed by atoms with E-state index in [0.29, 0.717) is 16.5 Å². The maximum absolute atomic E-state index is 12.4. The highest BCUT2D eigenvalue weighted by atomic mass is 32.1. The number of nitrogens with zero attached hydrogens (tertiary/aromatic N) is 1. The Morgan fingerprint density at radius 2 is 2.00 bits per heavy atom. The number of hydrogen-bond acceptors (Lipinski definition) is 5. The number of thiophene rings is 1. The highest BCUT2D eigenvalue weighted by Crippen LogP contribution is 2.30. The van der Waals surface area contributed by atoms with Gasteiger partial charge in [0.15, 0.2) is 0 Å². The summed E-state index contributed by atoms with van der Waals surface area (Å²) in [7, 11) is 0. The zero-order chi connectivity index (χ0) is 19.2. The average Bonchev–Trinajstić information content (AvgIpc) is 3.01. The van der Waals surface area contributed by atoms with Gasteiger partial charge in [0.1, 0.15) is 16.4 Å². The fourth-order valence-electron chi connectivity index (χ4n) is 2.28. The van der Waals surface area contributed by atoms with Crippen LogP contribution in [0.2, 0.25) is 0 Å². The van der Waals surface area contributed by atoms with Gasteiger partial charge in [-0.2, -0.15) is 8.78 Å². The second-order valence-corrected chi connectivity index (χ2v) is 6.79. The van der Waals surface area contributed by atoms with Crippen molar-refractivity contribution < 1.29 is 23.0 Å². The summed E-state index contributed by atoms with van der Waals surface area (Å²) in [6.45, 7) is -1.07. The van der Waals surface area contributed by atoms with Crippen LogP contribution in [0.1, 0.15) is 20.1 Å². The molecule has 1 aromatic carbocycles. The van der Waals surface area contributed by atoms with Crippen molar-refractivity contribution in [1.29, 1.82) is 0 Å². The van der Waals surface area contributed by atoms with Crippen LogP contribution < -0.4 is 14.8 Å². The lowest BCUT2D eigenvalue weighted by Gasteiger charge is -2.08. The van der Waals surface area contributed by atoms with Gasteiger partial charge in [0.2, 0.25) is 5.88 Å². The number of hydrogen-bond donors (Lipinski definition) is 1. The van der Waals surface area contributed by atoms with Gasteiger partial charge in [0.05, 0.1) is 0 Å². The lowest BCUT2D eigenvalue weighted by molar-refractivity contribution is -0.0498. The standard InChI is InChI=1S/C19H16F2N2O3S/c1-12-9-15(26-19(20)21)17(27-12)18(24)23-11-13-7-8-16(22-10-13)25-14-5-3-2-4-6-14/h2-10,19H,11H2,1H3,(H,23,24). The predicted octanol–water partition coefficient (Wildman–Crippen LogP) is 4.78. The number of pyridine rings is 1. The monoisotopic (exact) mass is 390 g/mol. The van der Waals surface area contributed by atoms with Crippen molar-refractivity contribution in [2.24, 2.45) is 0 Å². The number of benzene rings is 1. The van der Waals surface area contributed by atoms with E-state index in [1.807, 2.05) is 30.3 Å². The topological polar surface area (TPSA) is 60.5 Å². The number of ether oxygens (including phenoxy) is 2. The first-order valence-corrected chi connectivity index (χ1v) is 8.84. The van der Waals surface area contributed by atoms with Crippen molar-refractivity contribution in [2.75, 3.05) is 0 Å². The Hall–Kier alpha value is -3.00. The fourth-order valence-corrected chi connectivity index (χ4v) is 3.14. The minimum absolute atomic E-state index is 0.116. The predicted molar refractivity (Wildman–Crippen MR) is 97.6 cm³/mol. The van der Waals surface area contributed by atoms with E-state index in [4.69, 9.17) is 4.74 Å². The number of amides is 1. The molecule has 3 rings (SSSR count). The number of para-hydroxylation sites is 1. The quantitative estimate of drug-likeness (QED) is 0.631. The zero-order valence-electron chi connectivity index (χ0n) is 14.3. The molecule has 1 amide bonds. The van der Waals surface area contributed by atoms with Crippen molar-refractivity contribution in [3.8, 4) is 17.4 Å². The molecule has 2 heterocycles. The van der Waals surface area contributed by atoms with Crippen LogP contribution in [0, 0.1) is 6.92 Å². The molecule has 0 spiro atoms. The lowest BCUT2D eigenvalue weighted by atomic mass is 10.3. The summed E-state index contributed by atoms with van der Waals surface area (Å²) in [5.41, 5.74) is 0.744. The van der Waals surface area contributed by atoms with Crippen LogP contribution in [0.5, 0.6) is 17.4 Å². The van der Waals surface area contributed by atoms with Crippen LogP contribution in [0.15, 0.2) is 54.7 Å². The second kappa shape index (κ2) is 8.59. The maximum atomic E-state index is 12.4. The number of rotatable bonds is 7. The molecule has 1 N–H and O–H groups in total. The number of nitrogens with one attached hydrogen (secondary N) is 1. The van der Waals surface area contributed by atoms with Crippen LogP contribution in [-0.2, 0) is 6.54 Å². The number of aromatic nitrogens is 1. The van der Waals surface area contributed by atoms with E-state index in [-0.39, 0.29) is 17.2 Å². The number of halogens is 2. The Morgan fingerprint density at radius 3 is 2.67 bits per heavy atom. The van der Waals surface area contributed by atoms with Crippen molar-refractivity contribution in [3.05, 3.63) is 70.0 Å². The Balaban J connectivity index is 1.59. The highest BCUT2D eigenvalue weighted by Gasteiger charge is 2.19. The van der Waals surface area contributed by atoms with E-state index in [1.165, 1.54) is 6.07 Å². The molecule has 0 saturated heterocycles. The van der Waals surface area contributed by atoms with Gasteiger partial charge in [-0.1, -0.05) is 24.3 Å². The van der Waals surface area contributed by atoms with E-state index < -0.39 is 12.5 Å². The first-order valence-electron chi connectivity index (χ1n) is 8.02. The van der Waals surface area contributed by atoms with Crippen LogP contribution in [0.25, 0.3) is 0 Å². The van der Waals surface area contributed by atoms with E-state index in [2.05, 4.69) is 15.0 Å². The summed E-state index contributed by atoms with van der Waals surface area (Å²) >= 11 is 1.10. The van der Waals surface area contributed by atoms with Gasteiger partial charge in [-0.05, 0) is 30.7 Å². The maximum Gasteiger partial charge on any atom is 0.387 e. The van der Waals surface area contributed by atoms with Crippen molar-refractivity contribution in [3.63, 3.8) is 0 Å². The molecule has 0 bridgehead atoms. The molecule has 0 fully saturated rings. The summed E-state index contributed by atoms with van der Waals surface area (Å²) in [6.07, 6.45) is 1.58. The SMILES string of the molecule is Cc1cc(OC(F)F)c(C(=O)NCc2ccc(Oc3ccccc3)nc2)s1. The third-order valence-electron chi connectivity index (χ3n) is 3.46. The molecule has 140 valence electrons. The minimum atomic E-state index is -2.98. The number of carbonyl (C=O) groups is 1. The molecule has 0 radical (unpaired) electrons. The zero-order valence-corrected chi connectivity index (χ0v) is 15.1. The Kier molecular flexibility index (Phi) is 5.97. The fraction of sp³-hybridized carbons (Fsp3) is 0.158. The van der Waals surface area contributed by atoms with Crippen LogP contribution in [0.4, 0.5) is 8.78 Å². The summed E-state index contributed by atoms with van der Waals surface area (Å²) in [6, 6.07) is 14.1. The van der Waals surface area contributed by atoms with E-state index in [1.54, 1.807) is 25.3 Å². The number of carbonyl (C=O) groups excluding carboxylic acids is 1. The lowest BCUT2D eigenvalue weighted by Crippen LogP contribution is -2.22. The van der Waals surface area contributed by atoms with Gasteiger partial charge >= 0.3 is 6.61 Å². The van der Waals surface area contributed by atoms with Gasteiger partial charge in [0, 0.05) is 23.7 Å². The van der Waals surface area contributed by atoms with E-state index in [0.717, 1.165) is 16.9 Å². The molecule has 0 aliphatic heterocycles. The van der Waals surface area contributed by atoms with Crippen LogP contribution in [0.3, 0.4) is 0 Å². The minimum Gasteiger partial charge on any atom is -0.439 e. The molecule has 3 aromatic rings. The van der Waals surface area contributed by atoms with Gasteiger partial charge in [-0.15, -0.1) is 11.3 Å². The summed E-state index contributed by atoms with van der Waals surface area (Å²) < 4.78 is 34.9. The summed E-state index contributed by atoms with van der Waals surface area (Å²) in [5, 5.41) is 2.68. The smallest absolute Gasteiger partial charge is 0.387 e.